The van der Waals surface area contributed by atoms with Crippen LogP contribution in [0.5, 0.6) is 0 Å². The Bertz CT molecular complexity index is 688. The maximum Gasteiger partial charge on any atom is 0.243 e. The molecule has 1 aromatic rings. The first-order valence-electron chi connectivity index (χ1n) is 8.92. The van der Waals surface area contributed by atoms with Gasteiger partial charge >= 0.3 is 0 Å². The van der Waals surface area contributed by atoms with Gasteiger partial charge in [-0.05, 0) is 62.8 Å². The fraction of sp³-hybridized carbons (Fsp3) is 0.667. The number of rotatable bonds is 4. The fourth-order valence-corrected chi connectivity index (χ4v) is 5.58. The van der Waals surface area contributed by atoms with Gasteiger partial charge in [0.25, 0.3) is 0 Å². The summed E-state index contributed by atoms with van der Waals surface area (Å²) in [6, 6.07) is 5.57. The van der Waals surface area contributed by atoms with E-state index in [4.69, 9.17) is 0 Å². The smallest absolute Gasteiger partial charge is 0.243 e. The van der Waals surface area contributed by atoms with Gasteiger partial charge in [-0.25, -0.2) is 8.42 Å². The fourth-order valence-electron chi connectivity index (χ4n) is 3.92. The summed E-state index contributed by atoms with van der Waals surface area (Å²) in [6.45, 7) is 6.11. The van der Waals surface area contributed by atoms with Gasteiger partial charge in [-0.15, -0.1) is 0 Å². The van der Waals surface area contributed by atoms with Crippen molar-refractivity contribution in [3.63, 3.8) is 0 Å². The Morgan fingerprint density at radius 1 is 1.21 bits per heavy atom. The lowest BCUT2D eigenvalue weighted by Gasteiger charge is -2.39. The maximum atomic E-state index is 13.1. The monoisotopic (exact) mass is 352 g/mol. The first-order valence-corrected chi connectivity index (χ1v) is 10.4. The van der Waals surface area contributed by atoms with Crippen molar-refractivity contribution in [3.8, 4) is 0 Å². The highest BCUT2D eigenvalue weighted by Crippen LogP contribution is 2.27. The number of sulfonamides is 1. The molecule has 0 spiro atoms. The Hall–Kier alpha value is -0.950. The van der Waals surface area contributed by atoms with Crippen LogP contribution >= 0.6 is 0 Å². The first-order chi connectivity index (χ1) is 11.4. The minimum absolute atomic E-state index is 0.0847. The van der Waals surface area contributed by atoms with Crippen molar-refractivity contribution < 1.29 is 13.5 Å². The van der Waals surface area contributed by atoms with Crippen molar-refractivity contribution in [2.45, 2.75) is 56.6 Å². The Kier molecular flexibility index (Phi) is 5.30. The number of β-amino-alcohol motifs (C(OH)–C–C–N with tert-alkyl or cyclic N) is 1. The number of hydrogen-bond acceptors (Lipinski definition) is 4. The van der Waals surface area contributed by atoms with E-state index in [0.717, 1.165) is 19.3 Å². The van der Waals surface area contributed by atoms with Crippen LogP contribution in [-0.4, -0.2) is 61.1 Å². The number of aryl methyl sites for hydroxylation is 2. The highest BCUT2D eigenvalue weighted by atomic mass is 32.2. The zero-order valence-electron chi connectivity index (χ0n) is 14.6. The van der Waals surface area contributed by atoms with Crippen molar-refractivity contribution in [2.75, 3.05) is 26.2 Å². The van der Waals surface area contributed by atoms with E-state index in [1.165, 1.54) is 17.5 Å². The molecule has 1 heterocycles. The third-order valence-corrected chi connectivity index (χ3v) is 7.11. The van der Waals surface area contributed by atoms with E-state index in [-0.39, 0.29) is 12.1 Å². The molecule has 1 saturated heterocycles. The Balaban J connectivity index is 1.78. The van der Waals surface area contributed by atoms with Crippen LogP contribution in [0.4, 0.5) is 0 Å². The molecule has 0 amide bonds. The number of aliphatic hydroxyl groups excluding tert-OH is 1. The summed E-state index contributed by atoms with van der Waals surface area (Å²) in [4.78, 5) is 2.56. The molecule has 0 saturated carbocycles. The summed E-state index contributed by atoms with van der Waals surface area (Å²) in [6.07, 6.45) is 3.99. The normalized spacial score (nSPS) is 24.5. The summed E-state index contributed by atoms with van der Waals surface area (Å²) in [5.74, 6) is 0. The van der Waals surface area contributed by atoms with E-state index >= 15 is 0 Å². The molecule has 1 fully saturated rings. The zero-order chi connectivity index (χ0) is 17.3. The van der Waals surface area contributed by atoms with Crippen LogP contribution in [-0.2, 0) is 22.9 Å². The van der Waals surface area contributed by atoms with Crippen molar-refractivity contribution in [1.82, 2.24) is 9.21 Å². The second-order valence-electron chi connectivity index (χ2n) is 7.21. The Morgan fingerprint density at radius 3 is 2.58 bits per heavy atom. The van der Waals surface area contributed by atoms with E-state index in [2.05, 4.69) is 4.90 Å². The Labute approximate surface area is 145 Å². The quantitative estimate of drug-likeness (QED) is 0.895. The van der Waals surface area contributed by atoms with Crippen LogP contribution in [0.15, 0.2) is 23.1 Å². The topological polar surface area (TPSA) is 60.9 Å². The molecule has 1 N–H and O–H groups in total. The number of hydrogen-bond donors (Lipinski definition) is 1. The number of nitrogens with zero attached hydrogens (tertiary/aromatic N) is 2. The second kappa shape index (κ2) is 7.12. The first kappa shape index (κ1) is 17.9. The van der Waals surface area contributed by atoms with Gasteiger partial charge in [-0.1, -0.05) is 6.07 Å². The molecule has 24 heavy (non-hydrogen) atoms. The van der Waals surface area contributed by atoms with Gasteiger partial charge in [0.2, 0.25) is 10.0 Å². The minimum Gasteiger partial charge on any atom is -0.392 e. The van der Waals surface area contributed by atoms with Crippen molar-refractivity contribution in [1.29, 1.82) is 0 Å². The lowest BCUT2D eigenvalue weighted by Crippen LogP contribution is -2.54. The molecule has 0 unspecified atom stereocenters. The van der Waals surface area contributed by atoms with Gasteiger partial charge in [0, 0.05) is 32.2 Å². The average Bonchev–Trinajstić information content (AvgIpc) is 2.53. The molecule has 1 aromatic carbocycles. The van der Waals surface area contributed by atoms with E-state index in [1.54, 1.807) is 17.3 Å². The molecule has 0 radical (unpaired) electrons. The van der Waals surface area contributed by atoms with Crippen LogP contribution < -0.4 is 0 Å². The van der Waals surface area contributed by atoms with E-state index in [9.17, 15) is 13.5 Å². The molecule has 6 heteroatoms. The highest BCUT2D eigenvalue weighted by Gasteiger charge is 2.34. The van der Waals surface area contributed by atoms with Gasteiger partial charge in [-0.2, -0.15) is 4.31 Å². The summed E-state index contributed by atoms with van der Waals surface area (Å²) >= 11 is 0. The van der Waals surface area contributed by atoms with Crippen LogP contribution in [0.3, 0.4) is 0 Å². The van der Waals surface area contributed by atoms with Gasteiger partial charge in [-0.3, -0.25) is 4.90 Å². The highest BCUT2D eigenvalue weighted by molar-refractivity contribution is 7.89. The Morgan fingerprint density at radius 2 is 1.92 bits per heavy atom. The minimum atomic E-state index is -3.45. The molecule has 2 atom stereocenters. The number of benzene rings is 1. The lowest BCUT2D eigenvalue weighted by molar-refractivity contribution is 0.0840. The summed E-state index contributed by atoms with van der Waals surface area (Å²) in [7, 11) is -3.45. The van der Waals surface area contributed by atoms with Gasteiger partial charge in [0.05, 0.1) is 11.0 Å². The molecule has 2 aliphatic rings. The van der Waals surface area contributed by atoms with E-state index < -0.39 is 10.0 Å². The third-order valence-electron chi connectivity index (χ3n) is 5.10. The van der Waals surface area contributed by atoms with Crippen LogP contribution in [0.1, 0.15) is 37.8 Å². The molecule has 1 aliphatic heterocycles. The summed E-state index contributed by atoms with van der Waals surface area (Å²) in [5, 5.41) is 9.53. The molecular weight excluding hydrogens is 324 g/mol. The van der Waals surface area contributed by atoms with Crippen molar-refractivity contribution in [2.24, 2.45) is 0 Å². The van der Waals surface area contributed by atoms with Crippen molar-refractivity contribution >= 4 is 10.0 Å². The van der Waals surface area contributed by atoms with Gasteiger partial charge in [0.15, 0.2) is 0 Å². The molecule has 5 nitrogen and oxygen atoms in total. The van der Waals surface area contributed by atoms with Crippen molar-refractivity contribution in [3.05, 3.63) is 29.3 Å². The predicted molar refractivity (Wildman–Crippen MR) is 94.6 cm³/mol. The molecule has 0 aromatic heterocycles. The SMILES string of the molecule is C[C@@H](O)CN1CCN(S(=O)(=O)c2ccc3c(c2)CCCC3)[C@@H](C)C1. The lowest BCUT2D eigenvalue weighted by atomic mass is 9.92. The standard InChI is InChI=1S/C18H28N2O3S/c1-14-12-19(13-15(2)21)9-10-20(14)24(22,23)18-8-7-16-5-3-4-6-17(16)11-18/h7-8,11,14-15,21H,3-6,9-10,12-13H2,1-2H3/t14-,15+/m0/s1. The van der Waals surface area contributed by atoms with Gasteiger partial charge in [0.1, 0.15) is 0 Å². The predicted octanol–water partition coefficient (Wildman–Crippen LogP) is 1.64. The molecule has 134 valence electrons. The number of piperazine rings is 1. The molecule has 3 rings (SSSR count). The van der Waals surface area contributed by atoms with E-state index in [0.29, 0.717) is 31.1 Å². The van der Waals surface area contributed by atoms with Gasteiger partial charge < -0.3 is 5.11 Å². The third kappa shape index (κ3) is 3.67. The van der Waals surface area contributed by atoms with Crippen LogP contribution in [0, 0.1) is 0 Å². The van der Waals surface area contributed by atoms with Crippen LogP contribution in [0.2, 0.25) is 0 Å². The maximum absolute atomic E-state index is 13.1. The molecule has 0 bridgehead atoms. The number of fused-ring (bicyclic) bond motifs is 1. The second-order valence-corrected chi connectivity index (χ2v) is 9.10. The average molecular weight is 353 g/mol. The zero-order valence-corrected chi connectivity index (χ0v) is 15.4. The number of aliphatic hydroxyl groups is 1. The molecule has 1 aliphatic carbocycles. The van der Waals surface area contributed by atoms with E-state index in [1.807, 2.05) is 19.1 Å². The summed E-state index contributed by atoms with van der Waals surface area (Å²) < 4.78 is 27.8. The summed E-state index contributed by atoms with van der Waals surface area (Å²) in [5.41, 5.74) is 2.50. The molecular formula is C18H28N2O3S. The van der Waals surface area contributed by atoms with Crippen LogP contribution in [0.25, 0.3) is 0 Å². The largest absolute Gasteiger partial charge is 0.392 e.